The highest BCUT2D eigenvalue weighted by Gasteiger charge is 2.42. The summed E-state index contributed by atoms with van der Waals surface area (Å²) < 4.78 is 64.4. The molecule has 0 spiro atoms. The molecule has 1 amide bonds. The van der Waals surface area contributed by atoms with Crippen LogP contribution in [-0.2, 0) is 33.2 Å². The van der Waals surface area contributed by atoms with Gasteiger partial charge in [-0.15, -0.1) is 0 Å². The molecule has 1 aliphatic heterocycles. The summed E-state index contributed by atoms with van der Waals surface area (Å²) in [5, 5.41) is 3.83. The third-order valence-electron chi connectivity index (χ3n) is 6.19. The fourth-order valence-electron chi connectivity index (χ4n) is 4.18. The van der Waals surface area contributed by atoms with Crippen LogP contribution in [0.1, 0.15) is 64.2 Å². The zero-order chi connectivity index (χ0) is 29.8. The van der Waals surface area contributed by atoms with Crippen molar-refractivity contribution in [3.8, 4) is 5.75 Å². The monoisotopic (exact) mass is 605 g/mol. The summed E-state index contributed by atoms with van der Waals surface area (Å²) in [5.41, 5.74) is -1.25. The number of amides is 1. The van der Waals surface area contributed by atoms with Gasteiger partial charge in [-0.2, -0.15) is 13.2 Å². The van der Waals surface area contributed by atoms with E-state index in [9.17, 15) is 18.0 Å². The van der Waals surface area contributed by atoms with Crippen molar-refractivity contribution < 1.29 is 36.9 Å². The summed E-state index contributed by atoms with van der Waals surface area (Å²) in [6, 6.07) is 9.15. The van der Waals surface area contributed by atoms with E-state index in [2.05, 4.69) is 5.32 Å². The number of aryl methyl sites for hydroxylation is 2. The average Bonchev–Trinajstić information content (AvgIpc) is 2.80. The first-order valence-electron chi connectivity index (χ1n) is 13.0. The molecular formula is C29H36Cl2F3NO5. The van der Waals surface area contributed by atoms with Crippen molar-refractivity contribution in [3.05, 3.63) is 63.1 Å². The van der Waals surface area contributed by atoms with Crippen molar-refractivity contribution in [2.24, 2.45) is 0 Å². The minimum Gasteiger partial charge on any atom is -0.493 e. The molecule has 0 radical (unpaired) electrons. The minimum atomic E-state index is -4.61. The number of carbonyl (C=O) groups excluding carboxylic acids is 1. The molecule has 11 heteroatoms. The van der Waals surface area contributed by atoms with Gasteiger partial charge in [0.15, 0.2) is 5.79 Å². The molecule has 0 bridgehead atoms. The summed E-state index contributed by atoms with van der Waals surface area (Å²) >= 11 is 12.0. The van der Waals surface area contributed by atoms with E-state index in [0.29, 0.717) is 28.5 Å². The Labute approximate surface area is 243 Å². The van der Waals surface area contributed by atoms with Crippen molar-refractivity contribution >= 4 is 29.3 Å². The highest BCUT2D eigenvalue weighted by atomic mass is 35.5. The maximum absolute atomic E-state index is 14.0. The zero-order valence-electron chi connectivity index (χ0n) is 23.3. The number of halogens is 5. The number of alkyl carbamates (subject to hydrolysis) is 1. The second-order valence-corrected chi connectivity index (χ2v) is 12.3. The van der Waals surface area contributed by atoms with Crippen molar-refractivity contribution in [1.29, 1.82) is 0 Å². The van der Waals surface area contributed by atoms with E-state index in [1.165, 1.54) is 6.07 Å². The van der Waals surface area contributed by atoms with Gasteiger partial charge in [0, 0.05) is 10.0 Å². The Kier molecular flexibility index (Phi) is 10.3. The predicted molar refractivity (Wildman–Crippen MR) is 148 cm³/mol. The van der Waals surface area contributed by atoms with Gasteiger partial charge in [0.2, 0.25) is 0 Å². The van der Waals surface area contributed by atoms with Crippen molar-refractivity contribution in [2.45, 2.75) is 83.4 Å². The number of carbonyl (C=O) groups is 1. The number of hydrogen-bond donors (Lipinski definition) is 1. The van der Waals surface area contributed by atoms with E-state index in [4.69, 9.17) is 42.1 Å². The first-order valence-corrected chi connectivity index (χ1v) is 13.8. The van der Waals surface area contributed by atoms with Gasteiger partial charge in [-0.25, -0.2) is 4.79 Å². The van der Waals surface area contributed by atoms with Gasteiger partial charge in [-0.05, 0) is 102 Å². The van der Waals surface area contributed by atoms with E-state index < -0.39 is 34.8 Å². The molecule has 0 aromatic heterocycles. The van der Waals surface area contributed by atoms with Crippen LogP contribution in [0.4, 0.5) is 18.0 Å². The largest absolute Gasteiger partial charge is 0.493 e. The van der Waals surface area contributed by atoms with Crippen LogP contribution in [0.2, 0.25) is 10.0 Å². The number of rotatable bonds is 9. The van der Waals surface area contributed by atoms with E-state index in [1.54, 1.807) is 58.9 Å². The lowest BCUT2D eigenvalue weighted by Gasteiger charge is -2.44. The number of nitrogens with one attached hydrogen (secondary N) is 1. The minimum absolute atomic E-state index is 0.0833. The molecular weight excluding hydrogens is 570 g/mol. The maximum Gasteiger partial charge on any atom is 0.419 e. The van der Waals surface area contributed by atoms with Crippen molar-refractivity contribution in [3.63, 3.8) is 0 Å². The van der Waals surface area contributed by atoms with E-state index in [-0.39, 0.29) is 38.4 Å². The number of hydrogen-bond acceptors (Lipinski definition) is 5. The second kappa shape index (κ2) is 12.8. The fraction of sp³-hybridized carbons (Fsp3) is 0.552. The summed E-state index contributed by atoms with van der Waals surface area (Å²) in [4.78, 5) is 12.6. The normalized spacial score (nSPS) is 16.9. The van der Waals surface area contributed by atoms with Crippen LogP contribution >= 0.6 is 23.2 Å². The summed E-state index contributed by atoms with van der Waals surface area (Å²) in [7, 11) is 0. The molecule has 0 atom stereocenters. The maximum atomic E-state index is 14.0. The molecule has 2 aromatic carbocycles. The van der Waals surface area contributed by atoms with E-state index in [1.807, 2.05) is 0 Å². The molecule has 40 heavy (non-hydrogen) atoms. The van der Waals surface area contributed by atoms with Gasteiger partial charge in [-0.3, -0.25) is 0 Å². The number of ether oxygens (including phenoxy) is 4. The Hall–Kier alpha value is -2.20. The summed E-state index contributed by atoms with van der Waals surface area (Å²) in [5.74, 6) is -1.09. The van der Waals surface area contributed by atoms with Gasteiger partial charge in [-0.1, -0.05) is 29.3 Å². The first-order chi connectivity index (χ1) is 18.5. The standard InChI is InChI=1S/C29H36Cl2F3NO5/c1-26(2,3)40-25(36)35-28(17-38-27(4,5)39-18-28)11-10-19-8-9-24(23(15-19)29(32,33)34)37-12-6-7-20-13-21(30)16-22(31)14-20/h8-9,13-16H,6-7,10-12,17-18H2,1-5H3,(H,35,36). The molecule has 0 unspecified atom stereocenters. The molecule has 1 fully saturated rings. The van der Waals surface area contributed by atoms with Gasteiger partial charge in [0.05, 0.1) is 30.9 Å². The highest BCUT2D eigenvalue weighted by Crippen LogP contribution is 2.38. The Morgan fingerprint density at radius 1 is 0.975 bits per heavy atom. The van der Waals surface area contributed by atoms with Crippen LogP contribution < -0.4 is 10.1 Å². The van der Waals surface area contributed by atoms with E-state index >= 15 is 0 Å². The predicted octanol–water partition coefficient (Wildman–Crippen LogP) is 8.00. The zero-order valence-corrected chi connectivity index (χ0v) is 24.9. The van der Waals surface area contributed by atoms with Gasteiger partial charge >= 0.3 is 12.3 Å². The lowest BCUT2D eigenvalue weighted by Crippen LogP contribution is -2.61. The second-order valence-electron chi connectivity index (χ2n) is 11.4. The Balaban J connectivity index is 1.69. The van der Waals surface area contributed by atoms with Crippen LogP contribution in [0.3, 0.4) is 0 Å². The third-order valence-corrected chi connectivity index (χ3v) is 6.63. The highest BCUT2D eigenvalue weighted by molar-refractivity contribution is 6.34. The third kappa shape index (κ3) is 10.0. The molecule has 222 valence electrons. The molecule has 1 N–H and O–H groups in total. The number of alkyl halides is 3. The fourth-order valence-corrected chi connectivity index (χ4v) is 4.75. The molecule has 0 saturated carbocycles. The molecule has 3 rings (SSSR count). The van der Waals surface area contributed by atoms with Crippen LogP contribution in [-0.4, -0.2) is 42.8 Å². The first kappa shape index (κ1) is 32.3. The molecule has 2 aromatic rings. The smallest absolute Gasteiger partial charge is 0.419 e. The molecule has 6 nitrogen and oxygen atoms in total. The van der Waals surface area contributed by atoms with Crippen molar-refractivity contribution in [1.82, 2.24) is 5.32 Å². The average molecular weight is 607 g/mol. The van der Waals surface area contributed by atoms with Gasteiger partial charge < -0.3 is 24.3 Å². The molecule has 1 heterocycles. The Morgan fingerprint density at radius 3 is 2.17 bits per heavy atom. The lowest BCUT2D eigenvalue weighted by molar-refractivity contribution is -0.271. The van der Waals surface area contributed by atoms with Crippen LogP contribution in [0.5, 0.6) is 5.75 Å². The van der Waals surface area contributed by atoms with Crippen LogP contribution in [0.25, 0.3) is 0 Å². The topological polar surface area (TPSA) is 66.0 Å². The molecule has 0 aliphatic carbocycles. The Bertz CT molecular complexity index is 1150. The molecule has 1 saturated heterocycles. The van der Waals surface area contributed by atoms with Gasteiger partial charge in [0.25, 0.3) is 0 Å². The van der Waals surface area contributed by atoms with Crippen molar-refractivity contribution in [2.75, 3.05) is 19.8 Å². The number of benzene rings is 2. The Morgan fingerprint density at radius 2 is 1.60 bits per heavy atom. The summed E-state index contributed by atoms with van der Waals surface area (Å²) in [6.07, 6.45) is -3.75. The van der Waals surface area contributed by atoms with Crippen LogP contribution in [0.15, 0.2) is 36.4 Å². The SMILES string of the molecule is CC(C)(C)OC(=O)NC1(CCc2ccc(OCCCc3cc(Cl)cc(Cl)c3)c(C(F)(F)F)c2)COC(C)(C)OC1. The summed E-state index contributed by atoms with van der Waals surface area (Å²) in [6.45, 7) is 9.04. The molecule has 1 aliphatic rings. The van der Waals surface area contributed by atoms with Gasteiger partial charge in [0.1, 0.15) is 11.4 Å². The lowest BCUT2D eigenvalue weighted by atomic mass is 9.91. The van der Waals surface area contributed by atoms with E-state index in [0.717, 1.165) is 11.6 Å². The van der Waals surface area contributed by atoms with Crippen LogP contribution in [0, 0.1) is 0 Å². The quantitative estimate of drug-likeness (QED) is 0.293.